The number of nitrogens with zero attached hydrogens (tertiary/aromatic N) is 1. The van der Waals surface area contributed by atoms with Gasteiger partial charge in [-0.15, -0.1) is 11.3 Å². The number of hydrogen-bond donors (Lipinski definition) is 1. The Morgan fingerprint density at radius 1 is 1.30 bits per heavy atom. The van der Waals surface area contributed by atoms with Crippen molar-refractivity contribution in [2.24, 2.45) is 0 Å². The minimum absolute atomic E-state index is 0.0141. The van der Waals surface area contributed by atoms with Crippen molar-refractivity contribution in [1.29, 1.82) is 0 Å². The van der Waals surface area contributed by atoms with Crippen molar-refractivity contribution in [2.45, 2.75) is 37.3 Å². The van der Waals surface area contributed by atoms with Crippen LogP contribution in [0.25, 0.3) is 0 Å². The zero-order chi connectivity index (χ0) is 14.7. The summed E-state index contributed by atoms with van der Waals surface area (Å²) in [5, 5.41) is 4.85. The first kappa shape index (κ1) is 15.1. The molecule has 0 radical (unpaired) electrons. The highest BCUT2D eigenvalue weighted by Gasteiger charge is 2.17. The number of thioether (sulfide) groups is 1. The molecule has 2 rings (SSSR count). The Hall–Kier alpha value is -1.33. The quantitative estimate of drug-likeness (QED) is 0.861. The van der Waals surface area contributed by atoms with Crippen LogP contribution in [0.4, 0.5) is 5.69 Å². The van der Waals surface area contributed by atoms with Gasteiger partial charge >= 0.3 is 0 Å². The lowest BCUT2D eigenvalue weighted by molar-refractivity contribution is -0.115. The monoisotopic (exact) mass is 306 g/mol. The molecular weight excluding hydrogens is 288 g/mol. The van der Waals surface area contributed by atoms with Crippen molar-refractivity contribution in [3.05, 3.63) is 40.4 Å². The summed E-state index contributed by atoms with van der Waals surface area (Å²) in [5.74, 6) is 0.0141. The molecular formula is C15H18N2OS2. The van der Waals surface area contributed by atoms with Crippen molar-refractivity contribution >= 4 is 34.7 Å². The van der Waals surface area contributed by atoms with Gasteiger partial charge in [0.2, 0.25) is 5.91 Å². The molecule has 106 valence electrons. The predicted octanol–water partition coefficient (Wildman–Crippen LogP) is 4.19. The van der Waals surface area contributed by atoms with Crippen LogP contribution in [0.15, 0.2) is 27.9 Å². The highest BCUT2D eigenvalue weighted by molar-refractivity contribution is 8.02. The van der Waals surface area contributed by atoms with E-state index >= 15 is 0 Å². The topological polar surface area (TPSA) is 42.0 Å². The number of aryl methyl sites for hydroxylation is 3. The number of thiazole rings is 1. The molecule has 1 atom stereocenters. The van der Waals surface area contributed by atoms with E-state index in [0.29, 0.717) is 0 Å². The first-order chi connectivity index (χ1) is 9.47. The maximum Gasteiger partial charge on any atom is 0.237 e. The molecule has 1 heterocycles. The van der Waals surface area contributed by atoms with E-state index in [1.165, 1.54) is 11.8 Å². The molecule has 0 spiro atoms. The number of para-hydroxylation sites is 1. The third-order valence-electron chi connectivity index (χ3n) is 2.97. The van der Waals surface area contributed by atoms with Crippen LogP contribution in [-0.4, -0.2) is 16.1 Å². The molecule has 0 aliphatic carbocycles. The Morgan fingerprint density at radius 2 is 1.95 bits per heavy atom. The van der Waals surface area contributed by atoms with Gasteiger partial charge in [0.05, 0.1) is 5.25 Å². The van der Waals surface area contributed by atoms with Gasteiger partial charge in [-0.3, -0.25) is 4.79 Å². The van der Waals surface area contributed by atoms with Gasteiger partial charge in [0.15, 0.2) is 4.34 Å². The summed E-state index contributed by atoms with van der Waals surface area (Å²) in [4.78, 5) is 16.6. The lowest BCUT2D eigenvalue weighted by Crippen LogP contribution is -2.23. The molecule has 20 heavy (non-hydrogen) atoms. The second-order valence-electron chi connectivity index (χ2n) is 4.77. The highest BCUT2D eigenvalue weighted by atomic mass is 32.2. The SMILES string of the molecule is Cc1csc(S[C@H](C)C(=O)Nc2c(C)cccc2C)n1. The molecule has 0 aliphatic heterocycles. The molecule has 1 aromatic carbocycles. The fraction of sp³-hybridized carbons (Fsp3) is 0.333. The Morgan fingerprint density at radius 3 is 2.50 bits per heavy atom. The third-order valence-corrected chi connectivity index (χ3v) is 5.16. The molecule has 0 saturated carbocycles. The lowest BCUT2D eigenvalue weighted by atomic mass is 10.1. The van der Waals surface area contributed by atoms with Crippen molar-refractivity contribution in [1.82, 2.24) is 4.98 Å². The lowest BCUT2D eigenvalue weighted by Gasteiger charge is -2.14. The van der Waals surface area contributed by atoms with E-state index < -0.39 is 0 Å². The maximum atomic E-state index is 12.3. The molecule has 0 bridgehead atoms. The molecule has 3 nitrogen and oxygen atoms in total. The maximum absolute atomic E-state index is 12.3. The van der Waals surface area contributed by atoms with Gasteiger partial charge in [0.25, 0.3) is 0 Å². The number of carbonyl (C=O) groups excluding carboxylic acids is 1. The van der Waals surface area contributed by atoms with Crippen LogP contribution in [0.3, 0.4) is 0 Å². The number of benzene rings is 1. The number of amides is 1. The standard InChI is InChI=1S/C15H18N2OS2/c1-9-6-5-7-10(2)13(9)17-14(18)12(4)20-15-16-11(3)8-19-15/h5-8,12H,1-4H3,(H,17,18)/t12-/m1/s1. The third kappa shape index (κ3) is 3.61. The van der Waals surface area contributed by atoms with Crippen LogP contribution >= 0.6 is 23.1 Å². The zero-order valence-electron chi connectivity index (χ0n) is 12.1. The van der Waals surface area contributed by atoms with E-state index in [4.69, 9.17) is 0 Å². The number of hydrogen-bond acceptors (Lipinski definition) is 4. The van der Waals surface area contributed by atoms with Crippen LogP contribution in [-0.2, 0) is 4.79 Å². The molecule has 0 fully saturated rings. The van der Waals surface area contributed by atoms with Gasteiger partial charge in [-0.05, 0) is 38.8 Å². The van der Waals surface area contributed by atoms with Gasteiger partial charge in [0, 0.05) is 16.8 Å². The van der Waals surface area contributed by atoms with Crippen molar-refractivity contribution in [3.8, 4) is 0 Å². The molecule has 0 unspecified atom stereocenters. The van der Waals surface area contributed by atoms with Gasteiger partial charge in [-0.1, -0.05) is 30.0 Å². The van der Waals surface area contributed by atoms with Crippen molar-refractivity contribution in [3.63, 3.8) is 0 Å². The second-order valence-corrected chi connectivity index (χ2v) is 7.22. The molecule has 5 heteroatoms. The first-order valence-corrected chi connectivity index (χ1v) is 8.19. The van der Waals surface area contributed by atoms with E-state index in [2.05, 4.69) is 10.3 Å². The normalized spacial score (nSPS) is 12.2. The molecule has 2 aromatic rings. The van der Waals surface area contributed by atoms with Crippen molar-refractivity contribution in [2.75, 3.05) is 5.32 Å². The Kier molecular flexibility index (Phi) is 4.83. The summed E-state index contributed by atoms with van der Waals surface area (Å²) in [7, 11) is 0. The second kappa shape index (κ2) is 6.41. The minimum Gasteiger partial charge on any atom is -0.325 e. The summed E-state index contributed by atoms with van der Waals surface area (Å²) in [6.07, 6.45) is 0. The average molecular weight is 306 g/mol. The van der Waals surface area contributed by atoms with Crippen LogP contribution in [0.1, 0.15) is 23.7 Å². The highest BCUT2D eigenvalue weighted by Crippen LogP contribution is 2.28. The van der Waals surface area contributed by atoms with Gasteiger partial charge in [-0.2, -0.15) is 0 Å². The van der Waals surface area contributed by atoms with Crippen LogP contribution in [0.5, 0.6) is 0 Å². The van der Waals surface area contributed by atoms with Crippen LogP contribution < -0.4 is 5.32 Å². The zero-order valence-corrected chi connectivity index (χ0v) is 13.7. The summed E-state index contributed by atoms with van der Waals surface area (Å²) in [6, 6.07) is 6.01. The van der Waals surface area contributed by atoms with Crippen LogP contribution in [0, 0.1) is 20.8 Å². The van der Waals surface area contributed by atoms with Gasteiger partial charge in [0.1, 0.15) is 0 Å². The molecule has 1 aromatic heterocycles. The summed E-state index contributed by atoms with van der Waals surface area (Å²) in [6.45, 7) is 7.88. The largest absolute Gasteiger partial charge is 0.325 e. The number of rotatable bonds is 4. The number of carbonyl (C=O) groups is 1. The van der Waals surface area contributed by atoms with Crippen LogP contribution in [0.2, 0.25) is 0 Å². The average Bonchev–Trinajstić information content (AvgIpc) is 2.79. The Labute approximate surface area is 127 Å². The van der Waals surface area contributed by atoms with E-state index in [9.17, 15) is 4.79 Å². The smallest absolute Gasteiger partial charge is 0.237 e. The molecule has 1 N–H and O–H groups in total. The van der Waals surface area contributed by atoms with Crippen molar-refractivity contribution < 1.29 is 4.79 Å². The fourth-order valence-electron chi connectivity index (χ4n) is 1.83. The van der Waals surface area contributed by atoms with E-state index in [-0.39, 0.29) is 11.2 Å². The van der Waals surface area contributed by atoms with Gasteiger partial charge in [-0.25, -0.2) is 4.98 Å². The number of aromatic nitrogens is 1. The molecule has 0 aliphatic rings. The number of nitrogens with one attached hydrogen (secondary N) is 1. The first-order valence-electron chi connectivity index (χ1n) is 6.43. The summed E-state index contributed by atoms with van der Waals surface area (Å²) < 4.78 is 0.937. The Bertz CT molecular complexity index is 602. The molecule has 0 saturated heterocycles. The Balaban J connectivity index is 2.04. The number of anilines is 1. The summed E-state index contributed by atoms with van der Waals surface area (Å²) >= 11 is 3.08. The molecule has 1 amide bonds. The van der Waals surface area contributed by atoms with E-state index in [0.717, 1.165) is 26.8 Å². The fourth-order valence-corrected chi connectivity index (χ4v) is 3.81. The minimum atomic E-state index is -0.167. The van der Waals surface area contributed by atoms with Gasteiger partial charge < -0.3 is 5.32 Å². The summed E-state index contributed by atoms with van der Waals surface area (Å²) in [5.41, 5.74) is 4.08. The predicted molar refractivity (Wildman–Crippen MR) is 86.7 cm³/mol. The van der Waals surface area contributed by atoms with E-state index in [1.807, 2.05) is 51.3 Å². The van der Waals surface area contributed by atoms with E-state index in [1.54, 1.807) is 11.3 Å².